The molecule has 1 atom stereocenters. The lowest BCUT2D eigenvalue weighted by Crippen LogP contribution is -2.38. The third kappa shape index (κ3) is 5.71. The van der Waals surface area contributed by atoms with E-state index in [-0.39, 0.29) is 5.97 Å². The summed E-state index contributed by atoms with van der Waals surface area (Å²) in [6, 6.07) is -0.702. The van der Waals surface area contributed by atoms with Gasteiger partial charge in [-0.25, -0.2) is 4.79 Å². The van der Waals surface area contributed by atoms with Crippen molar-refractivity contribution in [3.63, 3.8) is 0 Å². The lowest BCUT2D eigenvalue weighted by Gasteiger charge is -2.22. The summed E-state index contributed by atoms with van der Waals surface area (Å²) in [4.78, 5) is 11.7. The second-order valence-electron chi connectivity index (χ2n) is 4.61. The minimum Gasteiger partial charge on any atom is -0.459 e. The van der Waals surface area contributed by atoms with Crippen molar-refractivity contribution in [1.29, 1.82) is 0 Å². The van der Waals surface area contributed by atoms with Crippen LogP contribution in [-0.2, 0) is 9.53 Å². The molecule has 0 amide bonds. The fourth-order valence-corrected chi connectivity index (χ4v) is 1.13. The Balaban J connectivity index is 4.59. The summed E-state index contributed by atoms with van der Waals surface area (Å²) in [5.41, 5.74) is 6.12. The fourth-order valence-electron chi connectivity index (χ4n) is 1.13. The topological polar surface area (TPSA) is 52.3 Å². The summed E-state index contributed by atoms with van der Waals surface area (Å²) in [6.45, 7) is 9.38. The van der Waals surface area contributed by atoms with Gasteiger partial charge in [-0.05, 0) is 39.7 Å². The van der Waals surface area contributed by atoms with E-state index in [2.05, 4.69) is 0 Å². The molecule has 0 fully saturated rings. The van der Waals surface area contributed by atoms with Crippen LogP contribution >= 0.6 is 0 Å². The molecule has 16 heavy (non-hydrogen) atoms. The van der Waals surface area contributed by atoms with Gasteiger partial charge in [0.25, 0.3) is 0 Å². The average Bonchev–Trinajstić information content (AvgIpc) is 2.16. The highest BCUT2D eigenvalue weighted by Crippen LogP contribution is 2.12. The number of ether oxygens (including phenoxy) is 1. The van der Waals surface area contributed by atoms with Gasteiger partial charge < -0.3 is 10.5 Å². The Kier molecular flexibility index (Phi) is 6.04. The lowest BCUT2D eigenvalue weighted by atomic mass is 10.1. The molecular weight excluding hydrogens is 202 g/mol. The van der Waals surface area contributed by atoms with Crippen molar-refractivity contribution >= 4 is 5.97 Å². The van der Waals surface area contributed by atoms with E-state index >= 15 is 0 Å². The molecule has 0 aliphatic carbocycles. The minimum atomic E-state index is -0.702. The second-order valence-corrected chi connectivity index (χ2v) is 4.61. The predicted octanol–water partition coefficient (Wildman–Crippen LogP) is 2.57. The largest absolute Gasteiger partial charge is 0.459 e. The van der Waals surface area contributed by atoms with Crippen LogP contribution in [-0.4, -0.2) is 17.6 Å². The zero-order chi connectivity index (χ0) is 12.8. The van der Waals surface area contributed by atoms with Crippen LogP contribution in [0, 0.1) is 0 Å². The highest BCUT2D eigenvalue weighted by Gasteiger charge is 2.23. The Morgan fingerprint density at radius 3 is 2.38 bits per heavy atom. The van der Waals surface area contributed by atoms with Crippen LogP contribution in [0.15, 0.2) is 23.8 Å². The smallest absolute Gasteiger partial charge is 0.328 e. The van der Waals surface area contributed by atoms with Crippen molar-refractivity contribution in [2.24, 2.45) is 5.73 Å². The molecule has 0 rings (SSSR count). The highest BCUT2D eigenvalue weighted by atomic mass is 16.6. The van der Waals surface area contributed by atoms with Crippen molar-refractivity contribution in [3.8, 4) is 0 Å². The molecule has 3 heteroatoms. The summed E-state index contributed by atoms with van der Waals surface area (Å²) < 4.78 is 5.22. The number of hydrogen-bond donors (Lipinski definition) is 1. The summed E-state index contributed by atoms with van der Waals surface area (Å²) in [5.74, 6) is -0.388. The van der Waals surface area contributed by atoms with Gasteiger partial charge >= 0.3 is 5.97 Å². The maximum absolute atomic E-state index is 11.7. The minimum absolute atomic E-state index is 0.388. The van der Waals surface area contributed by atoms with Crippen LogP contribution in [0.4, 0.5) is 0 Å². The SMILES string of the molecule is CC=C(C=CCC)C(N)C(=O)OC(C)(C)C. The molecule has 0 aromatic carbocycles. The first-order valence-corrected chi connectivity index (χ1v) is 5.63. The third-order valence-electron chi connectivity index (χ3n) is 1.90. The van der Waals surface area contributed by atoms with Gasteiger partial charge in [-0.3, -0.25) is 0 Å². The number of carbonyl (C=O) groups excluding carboxylic acids is 1. The number of carbonyl (C=O) groups is 1. The standard InChI is InChI=1S/C13H23NO2/c1-6-8-9-10(7-2)11(14)12(15)16-13(3,4)5/h7-9,11H,6,14H2,1-5H3. The van der Waals surface area contributed by atoms with E-state index in [4.69, 9.17) is 10.5 Å². The molecular formula is C13H23NO2. The van der Waals surface area contributed by atoms with Crippen molar-refractivity contribution in [2.45, 2.75) is 52.7 Å². The molecule has 3 nitrogen and oxygen atoms in total. The van der Waals surface area contributed by atoms with Crippen LogP contribution < -0.4 is 5.73 Å². The summed E-state index contributed by atoms with van der Waals surface area (Å²) in [5, 5.41) is 0. The molecule has 2 N–H and O–H groups in total. The van der Waals surface area contributed by atoms with Gasteiger partial charge in [0.2, 0.25) is 0 Å². The van der Waals surface area contributed by atoms with Crippen LogP contribution in [0.1, 0.15) is 41.0 Å². The monoisotopic (exact) mass is 225 g/mol. The predicted molar refractivity (Wildman–Crippen MR) is 67.0 cm³/mol. The average molecular weight is 225 g/mol. The third-order valence-corrected chi connectivity index (χ3v) is 1.90. The first-order chi connectivity index (χ1) is 7.31. The molecule has 0 aromatic heterocycles. The van der Waals surface area contributed by atoms with E-state index in [9.17, 15) is 4.79 Å². The Hall–Kier alpha value is -1.09. The van der Waals surface area contributed by atoms with Gasteiger partial charge in [0, 0.05) is 0 Å². The molecule has 1 unspecified atom stereocenters. The number of allylic oxidation sites excluding steroid dienone is 2. The van der Waals surface area contributed by atoms with Gasteiger partial charge in [-0.15, -0.1) is 0 Å². The first kappa shape index (κ1) is 14.9. The van der Waals surface area contributed by atoms with Gasteiger partial charge in [-0.2, -0.15) is 0 Å². The second kappa shape index (κ2) is 6.48. The number of rotatable bonds is 4. The Labute approximate surface area is 98.4 Å². The maximum Gasteiger partial charge on any atom is 0.328 e. The first-order valence-electron chi connectivity index (χ1n) is 5.63. The molecule has 0 bridgehead atoms. The molecule has 0 aliphatic heterocycles. The van der Waals surface area contributed by atoms with Crippen molar-refractivity contribution in [1.82, 2.24) is 0 Å². The molecule has 0 aromatic rings. The van der Waals surface area contributed by atoms with E-state index in [1.807, 2.05) is 52.8 Å². The van der Waals surface area contributed by atoms with Crippen LogP contribution in [0.3, 0.4) is 0 Å². The number of hydrogen-bond acceptors (Lipinski definition) is 3. The zero-order valence-electron chi connectivity index (χ0n) is 10.9. The van der Waals surface area contributed by atoms with Gasteiger partial charge in [0.05, 0.1) is 0 Å². The molecule has 0 heterocycles. The Bertz CT molecular complexity index is 285. The normalized spacial score (nSPS) is 15.2. The molecule has 92 valence electrons. The quantitative estimate of drug-likeness (QED) is 0.591. The highest BCUT2D eigenvalue weighted by molar-refractivity contribution is 5.80. The molecule has 0 saturated heterocycles. The van der Waals surface area contributed by atoms with Crippen molar-refractivity contribution in [3.05, 3.63) is 23.8 Å². The van der Waals surface area contributed by atoms with Crippen LogP contribution in [0.5, 0.6) is 0 Å². The Morgan fingerprint density at radius 2 is 2.00 bits per heavy atom. The van der Waals surface area contributed by atoms with E-state index in [0.29, 0.717) is 0 Å². The van der Waals surface area contributed by atoms with Gasteiger partial charge in [0.15, 0.2) is 0 Å². The summed E-state index contributed by atoms with van der Waals surface area (Å²) in [6.07, 6.45) is 6.59. The van der Waals surface area contributed by atoms with Crippen LogP contribution in [0.25, 0.3) is 0 Å². The summed E-state index contributed by atoms with van der Waals surface area (Å²) in [7, 11) is 0. The summed E-state index contributed by atoms with van der Waals surface area (Å²) >= 11 is 0. The molecule has 0 spiro atoms. The van der Waals surface area contributed by atoms with E-state index < -0.39 is 11.6 Å². The van der Waals surface area contributed by atoms with Crippen molar-refractivity contribution < 1.29 is 9.53 Å². The van der Waals surface area contributed by atoms with E-state index in [1.165, 1.54) is 0 Å². The zero-order valence-corrected chi connectivity index (χ0v) is 10.9. The van der Waals surface area contributed by atoms with Crippen molar-refractivity contribution in [2.75, 3.05) is 0 Å². The van der Waals surface area contributed by atoms with Gasteiger partial charge in [0.1, 0.15) is 11.6 Å². The molecule has 0 radical (unpaired) electrons. The molecule has 0 saturated carbocycles. The molecule has 0 aliphatic rings. The number of esters is 1. The van der Waals surface area contributed by atoms with E-state index in [0.717, 1.165) is 12.0 Å². The Morgan fingerprint density at radius 1 is 1.44 bits per heavy atom. The fraction of sp³-hybridized carbons (Fsp3) is 0.615. The van der Waals surface area contributed by atoms with Gasteiger partial charge in [-0.1, -0.05) is 25.2 Å². The van der Waals surface area contributed by atoms with E-state index in [1.54, 1.807) is 0 Å². The van der Waals surface area contributed by atoms with Crippen LogP contribution in [0.2, 0.25) is 0 Å². The number of nitrogens with two attached hydrogens (primary N) is 1. The lowest BCUT2D eigenvalue weighted by molar-refractivity contribution is -0.155. The maximum atomic E-state index is 11.7.